The van der Waals surface area contributed by atoms with Crippen LogP contribution in [0.5, 0.6) is 0 Å². The Morgan fingerprint density at radius 1 is 0.412 bits per heavy atom. The zero-order valence-corrected chi connectivity index (χ0v) is 27.1. The Hall–Kier alpha value is -7.12. The molecule has 0 radical (unpaired) electrons. The van der Waals surface area contributed by atoms with Gasteiger partial charge in [0.1, 0.15) is 16.6 Å². The maximum absolute atomic E-state index is 6.26. The molecule has 0 N–H and O–H groups in total. The van der Waals surface area contributed by atoms with Gasteiger partial charge in [-0.3, -0.25) is 0 Å². The van der Waals surface area contributed by atoms with Crippen molar-refractivity contribution in [3.8, 4) is 33.9 Å². The molecule has 51 heavy (non-hydrogen) atoms. The molecule has 0 atom stereocenters. The first kappa shape index (κ1) is 27.8. The molecule has 0 amide bonds. The third-order valence-corrected chi connectivity index (χ3v) is 9.89. The number of benzene rings is 5. The van der Waals surface area contributed by atoms with Crippen molar-refractivity contribution in [2.45, 2.75) is 0 Å². The molecule has 5 aromatic carbocycles. The Labute approximate surface area is 290 Å². The summed E-state index contributed by atoms with van der Waals surface area (Å²) in [6.45, 7) is 0. The number of fused-ring (bicyclic) bond motifs is 9. The summed E-state index contributed by atoms with van der Waals surface area (Å²) in [6, 6.07) is 52.5. The number of pyridine rings is 2. The van der Waals surface area contributed by atoms with Gasteiger partial charge in [0.05, 0.1) is 39.7 Å². The van der Waals surface area contributed by atoms with Gasteiger partial charge in [0.25, 0.3) is 0 Å². The normalized spacial score (nSPS) is 11.9. The average molecular weight is 655 g/mol. The van der Waals surface area contributed by atoms with Gasteiger partial charge in [-0.25, -0.2) is 9.97 Å². The van der Waals surface area contributed by atoms with E-state index in [-0.39, 0.29) is 0 Å². The summed E-state index contributed by atoms with van der Waals surface area (Å²) < 4.78 is 10.8. The highest BCUT2D eigenvalue weighted by atomic mass is 16.3. The van der Waals surface area contributed by atoms with Crippen molar-refractivity contribution in [1.82, 2.24) is 29.3 Å². The van der Waals surface area contributed by atoms with E-state index in [1.165, 1.54) is 16.3 Å². The average Bonchev–Trinajstić information content (AvgIpc) is 3.85. The SMILES string of the molecule is c1ccc(-n2c3ccccc3c3ccc(-c4ccc5oc6ccc(-c7ccc8c9nnccc9n(-c9ccccc9)c8c7)nc6c5n4)cc32)cc1. The number of para-hydroxylation sites is 3. The van der Waals surface area contributed by atoms with Crippen molar-refractivity contribution >= 4 is 65.9 Å². The second kappa shape index (κ2) is 10.7. The van der Waals surface area contributed by atoms with Gasteiger partial charge in [-0.05, 0) is 78.9 Å². The number of hydrogen-bond acceptors (Lipinski definition) is 5. The third kappa shape index (κ3) is 4.18. The molecule has 7 heteroatoms. The molecule has 0 saturated carbocycles. The molecule has 0 aliphatic rings. The highest BCUT2D eigenvalue weighted by Crippen LogP contribution is 2.37. The lowest BCUT2D eigenvalue weighted by molar-refractivity contribution is 0.667. The fourth-order valence-corrected chi connectivity index (χ4v) is 7.58. The van der Waals surface area contributed by atoms with Gasteiger partial charge in [-0.2, -0.15) is 5.10 Å². The molecular formula is C44H26N6O. The first-order valence-corrected chi connectivity index (χ1v) is 16.9. The zero-order chi connectivity index (χ0) is 33.5. The van der Waals surface area contributed by atoms with Crippen LogP contribution in [0, 0.1) is 0 Å². The van der Waals surface area contributed by atoms with Gasteiger partial charge in [0.2, 0.25) is 0 Å². The Balaban J connectivity index is 1.07. The molecule has 0 aliphatic carbocycles. The van der Waals surface area contributed by atoms with Crippen LogP contribution in [0.4, 0.5) is 0 Å². The van der Waals surface area contributed by atoms with Crippen molar-refractivity contribution in [3.05, 3.63) is 158 Å². The van der Waals surface area contributed by atoms with E-state index >= 15 is 0 Å². The van der Waals surface area contributed by atoms with E-state index in [0.717, 1.165) is 72.4 Å². The van der Waals surface area contributed by atoms with Crippen LogP contribution in [0.25, 0.3) is 99.8 Å². The molecule has 0 fully saturated rings. The predicted molar refractivity (Wildman–Crippen MR) is 204 cm³/mol. The second-order valence-corrected chi connectivity index (χ2v) is 12.8. The minimum absolute atomic E-state index is 0.702. The van der Waals surface area contributed by atoms with Crippen LogP contribution < -0.4 is 0 Å². The van der Waals surface area contributed by atoms with E-state index < -0.39 is 0 Å². The fourth-order valence-electron chi connectivity index (χ4n) is 7.58. The summed E-state index contributed by atoms with van der Waals surface area (Å²) in [6.07, 6.45) is 1.74. The topological polar surface area (TPSA) is 74.6 Å². The van der Waals surface area contributed by atoms with Crippen molar-refractivity contribution in [1.29, 1.82) is 0 Å². The van der Waals surface area contributed by atoms with Crippen LogP contribution >= 0.6 is 0 Å². The molecule has 7 nitrogen and oxygen atoms in total. The fraction of sp³-hybridized carbons (Fsp3) is 0. The van der Waals surface area contributed by atoms with Gasteiger partial charge in [-0.15, -0.1) is 5.10 Å². The highest BCUT2D eigenvalue weighted by molar-refractivity contribution is 6.11. The van der Waals surface area contributed by atoms with Gasteiger partial charge in [0.15, 0.2) is 11.2 Å². The number of hydrogen-bond donors (Lipinski definition) is 0. The lowest BCUT2D eigenvalue weighted by Gasteiger charge is -2.09. The monoisotopic (exact) mass is 654 g/mol. The van der Waals surface area contributed by atoms with Crippen LogP contribution in [0.1, 0.15) is 0 Å². The van der Waals surface area contributed by atoms with E-state index in [2.05, 4.69) is 122 Å². The lowest BCUT2D eigenvalue weighted by atomic mass is 10.1. The van der Waals surface area contributed by atoms with E-state index in [1.54, 1.807) is 6.20 Å². The summed E-state index contributed by atoms with van der Waals surface area (Å²) >= 11 is 0. The molecule has 238 valence electrons. The maximum Gasteiger partial charge on any atom is 0.155 e. The summed E-state index contributed by atoms with van der Waals surface area (Å²) in [5.74, 6) is 0. The summed E-state index contributed by atoms with van der Waals surface area (Å²) in [7, 11) is 0. The smallest absolute Gasteiger partial charge is 0.155 e. The molecular weight excluding hydrogens is 629 g/mol. The first-order chi connectivity index (χ1) is 25.3. The molecule has 6 aromatic heterocycles. The van der Waals surface area contributed by atoms with Crippen LogP contribution in [0.3, 0.4) is 0 Å². The lowest BCUT2D eigenvalue weighted by Crippen LogP contribution is -1.94. The molecule has 6 heterocycles. The molecule has 0 saturated heterocycles. The van der Waals surface area contributed by atoms with Crippen molar-refractivity contribution in [2.75, 3.05) is 0 Å². The number of nitrogens with zero attached hydrogens (tertiary/aromatic N) is 6. The van der Waals surface area contributed by atoms with Crippen LogP contribution in [0.2, 0.25) is 0 Å². The second-order valence-electron chi connectivity index (χ2n) is 12.8. The molecule has 0 bridgehead atoms. The van der Waals surface area contributed by atoms with Crippen molar-refractivity contribution in [2.24, 2.45) is 0 Å². The Kier molecular flexibility index (Phi) is 5.83. The minimum Gasteiger partial charge on any atom is -0.453 e. The summed E-state index contributed by atoms with van der Waals surface area (Å²) in [5, 5.41) is 12.1. The van der Waals surface area contributed by atoms with Gasteiger partial charge >= 0.3 is 0 Å². The van der Waals surface area contributed by atoms with E-state index in [4.69, 9.17) is 14.4 Å². The standard InChI is InChI=1S/C44H26N6O/c1-3-9-29(10-4-1)49-36-14-8-7-13-31(36)32-17-15-27(25-38(32)49)34-19-21-40-43(46-34)44-41(51-40)22-20-35(47-44)28-16-18-33-39(26-28)50(30-11-5-2-6-12-30)37-23-24-45-48-42(33)37/h1-26H. The quantitative estimate of drug-likeness (QED) is 0.189. The van der Waals surface area contributed by atoms with E-state index in [1.807, 2.05) is 48.5 Å². The van der Waals surface area contributed by atoms with E-state index in [0.29, 0.717) is 11.2 Å². The molecule has 11 aromatic rings. The van der Waals surface area contributed by atoms with Gasteiger partial charge in [-0.1, -0.05) is 72.8 Å². The Morgan fingerprint density at radius 3 is 1.63 bits per heavy atom. The van der Waals surface area contributed by atoms with E-state index in [9.17, 15) is 0 Å². The Bertz CT molecular complexity index is 2930. The van der Waals surface area contributed by atoms with Gasteiger partial charge in [0, 0.05) is 38.7 Å². The zero-order valence-electron chi connectivity index (χ0n) is 27.1. The molecule has 0 unspecified atom stereocenters. The predicted octanol–water partition coefficient (Wildman–Crippen LogP) is 10.7. The largest absolute Gasteiger partial charge is 0.453 e. The van der Waals surface area contributed by atoms with Crippen LogP contribution in [-0.2, 0) is 0 Å². The third-order valence-electron chi connectivity index (χ3n) is 9.89. The number of aromatic nitrogens is 6. The van der Waals surface area contributed by atoms with Gasteiger partial charge < -0.3 is 13.6 Å². The molecule has 11 rings (SSSR count). The maximum atomic E-state index is 6.26. The minimum atomic E-state index is 0.702. The summed E-state index contributed by atoms with van der Waals surface area (Å²) in [5.41, 5.74) is 14.0. The summed E-state index contributed by atoms with van der Waals surface area (Å²) in [4.78, 5) is 10.3. The van der Waals surface area contributed by atoms with Crippen molar-refractivity contribution < 1.29 is 4.42 Å². The number of rotatable bonds is 4. The molecule has 0 spiro atoms. The highest BCUT2D eigenvalue weighted by Gasteiger charge is 2.18. The first-order valence-electron chi connectivity index (χ1n) is 16.9. The van der Waals surface area contributed by atoms with Crippen LogP contribution in [0.15, 0.2) is 162 Å². The van der Waals surface area contributed by atoms with Crippen molar-refractivity contribution in [3.63, 3.8) is 0 Å². The van der Waals surface area contributed by atoms with Crippen LogP contribution in [-0.4, -0.2) is 29.3 Å². The number of furan rings is 1. The molecule has 0 aliphatic heterocycles. The Morgan fingerprint density at radius 2 is 0.961 bits per heavy atom.